The van der Waals surface area contributed by atoms with Crippen LogP contribution in [0.2, 0.25) is 0 Å². The summed E-state index contributed by atoms with van der Waals surface area (Å²) in [4.78, 5) is 24.7. The van der Waals surface area contributed by atoms with Crippen LogP contribution in [0.5, 0.6) is 0 Å². The van der Waals surface area contributed by atoms with E-state index in [1.54, 1.807) is 24.3 Å². The van der Waals surface area contributed by atoms with E-state index in [0.717, 1.165) is 37.7 Å². The Bertz CT molecular complexity index is 817. The van der Waals surface area contributed by atoms with Crippen molar-refractivity contribution in [2.45, 2.75) is 74.1 Å². The van der Waals surface area contributed by atoms with E-state index in [4.69, 9.17) is 5.11 Å². The van der Waals surface area contributed by atoms with Gasteiger partial charge in [-0.15, -0.1) is 0 Å². The number of sulfone groups is 1. The summed E-state index contributed by atoms with van der Waals surface area (Å²) in [7, 11) is -3.27. The van der Waals surface area contributed by atoms with Crippen molar-refractivity contribution in [2.24, 2.45) is 5.92 Å². The number of nitrogens with one attached hydrogen (secondary N) is 1. The Balaban J connectivity index is 1.78. The molecule has 0 heterocycles. The summed E-state index contributed by atoms with van der Waals surface area (Å²) in [6.45, 7) is 0. The average molecular weight is 408 g/mol. The van der Waals surface area contributed by atoms with Gasteiger partial charge in [0.25, 0.3) is 0 Å². The molecule has 3 rings (SSSR count). The van der Waals surface area contributed by atoms with Crippen LogP contribution in [0.4, 0.5) is 0 Å². The second-order valence-corrected chi connectivity index (χ2v) is 10.3. The topological polar surface area (TPSA) is 101 Å². The first-order chi connectivity index (χ1) is 13.2. The maximum absolute atomic E-state index is 13.3. The molecular weight excluding hydrogens is 378 g/mol. The van der Waals surface area contributed by atoms with Crippen LogP contribution in [0.3, 0.4) is 0 Å². The number of hydrogen-bond acceptors (Lipinski definition) is 4. The summed E-state index contributed by atoms with van der Waals surface area (Å²) in [5, 5.41) is 12.3. The maximum atomic E-state index is 13.3. The van der Waals surface area contributed by atoms with E-state index in [-0.39, 0.29) is 22.8 Å². The number of benzene rings is 1. The van der Waals surface area contributed by atoms with E-state index in [1.165, 1.54) is 6.26 Å². The minimum atomic E-state index is -3.27. The Hall–Kier alpha value is -1.89. The van der Waals surface area contributed by atoms with Gasteiger partial charge in [0.1, 0.15) is 0 Å². The van der Waals surface area contributed by atoms with Crippen molar-refractivity contribution in [3.63, 3.8) is 0 Å². The molecule has 28 heavy (non-hydrogen) atoms. The first-order valence-corrected chi connectivity index (χ1v) is 12.0. The van der Waals surface area contributed by atoms with Gasteiger partial charge in [-0.25, -0.2) is 8.42 Å². The fraction of sp³-hybridized carbons (Fsp3) is 0.619. The summed E-state index contributed by atoms with van der Waals surface area (Å²) < 4.78 is 23.5. The fourth-order valence-corrected chi connectivity index (χ4v) is 5.26. The Morgan fingerprint density at radius 3 is 2.07 bits per heavy atom. The monoisotopic (exact) mass is 407 g/mol. The van der Waals surface area contributed by atoms with Crippen molar-refractivity contribution in [1.82, 2.24) is 5.32 Å². The zero-order valence-corrected chi connectivity index (χ0v) is 17.1. The van der Waals surface area contributed by atoms with Gasteiger partial charge in [-0.3, -0.25) is 9.59 Å². The van der Waals surface area contributed by atoms with Crippen molar-refractivity contribution in [2.75, 3.05) is 6.26 Å². The molecule has 1 amide bonds. The highest BCUT2D eigenvalue weighted by atomic mass is 32.2. The van der Waals surface area contributed by atoms with Gasteiger partial charge < -0.3 is 10.4 Å². The van der Waals surface area contributed by atoms with Crippen LogP contribution in [-0.2, 0) is 24.8 Å². The Morgan fingerprint density at radius 2 is 1.57 bits per heavy atom. The van der Waals surface area contributed by atoms with Crippen molar-refractivity contribution < 1.29 is 23.1 Å². The number of amides is 1. The first-order valence-electron chi connectivity index (χ1n) is 10.1. The molecule has 2 saturated carbocycles. The molecular formula is C21H29NO5S. The number of hydrogen-bond donors (Lipinski definition) is 2. The molecule has 0 saturated heterocycles. The molecule has 2 fully saturated rings. The molecule has 2 aliphatic rings. The van der Waals surface area contributed by atoms with Crippen LogP contribution >= 0.6 is 0 Å². The van der Waals surface area contributed by atoms with Crippen LogP contribution in [-0.4, -0.2) is 37.7 Å². The minimum Gasteiger partial charge on any atom is -0.481 e. The fourth-order valence-electron chi connectivity index (χ4n) is 4.63. The largest absolute Gasteiger partial charge is 0.481 e. The number of rotatable bonds is 5. The van der Waals surface area contributed by atoms with Crippen molar-refractivity contribution >= 4 is 21.7 Å². The molecule has 0 aromatic heterocycles. The molecule has 6 nitrogen and oxygen atoms in total. The van der Waals surface area contributed by atoms with E-state index in [9.17, 15) is 18.0 Å². The smallest absolute Gasteiger partial charge is 0.306 e. The molecule has 0 atom stereocenters. The van der Waals surface area contributed by atoms with E-state index in [0.29, 0.717) is 25.7 Å². The van der Waals surface area contributed by atoms with Gasteiger partial charge in [0.05, 0.1) is 16.2 Å². The molecule has 0 unspecified atom stereocenters. The summed E-state index contributed by atoms with van der Waals surface area (Å²) in [5.74, 6) is -1.06. The zero-order valence-electron chi connectivity index (χ0n) is 16.3. The van der Waals surface area contributed by atoms with E-state index >= 15 is 0 Å². The van der Waals surface area contributed by atoms with Crippen molar-refractivity contribution in [1.29, 1.82) is 0 Å². The molecule has 2 aliphatic carbocycles. The van der Waals surface area contributed by atoms with Gasteiger partial charge >= 0.3 is 5.97 Å². The van der Waals surface area contributed by atoms with Gasteiger partial charge in [0.2, 0.25) is 5.91 Å². The highest BCUT2D eigenvalue weighted by Gasteiger charge is 2.42. The summed E-state index contributed by atoms with van der Waals surface area (Å²) in [5.41, 5.74) is 0.245. The van der Waals surface area contributed by atoms with Crippen molar-refractivity contribution in [3.05, 3.63) is 29.8 Å². The third kappa shape index (κ3) is 4.40. The lowest BCUT2D eigenvalue weighted by molar-refractivity contribution is -0.142. The van der Waals surface area contributed by atoms with Crippen LogP contribution in [0.15, 0.2) is 29.2 Å². The number of carbonyl (C=O) groups excluding carboxylic acids is 1. The first kappa shape index (κ1) is 20.8. The quantitative estimate of drug-likeness (QED) is 0.781. The average Bonchev–Trinajstić information content (AvgIpc) is 2.68. The van der Waals surface area contributed by atoms with Crippen LogP contribution in [0.1, 0.15) is 63.4 Å². The highest BCUT2D eigenvalue weighted by Crippen LogP contribution is 2.40. The minimum absolute atomic E-state index is 0.00178. The third-order valence-electron chi connectivity index (χ3n) is 6.39. The van der Waals surface area contributed by atoms with Gasteiger partial charge in [-0.2, -0.15) is 0 Å². The molecule has 1 aromatic rings. The molecule has 154 valence electrons. The van der Waals surface area contributed by atoms with Gasteiger partial charge in [0, 0.05) is 12.3 Å². The summed E-state index contributed by atoms with van der Waals surface area (Å²) in [6, 6.07) is 6.75. The molecule has 2 N–H and O–H groups in total. The molecule has 0 radical (unpaired) electrons. The Morgan fingerprint density at radius 1 is 1.00 bits per heavy atom. The number of aliphatic carboxylic acids is 1. The number of carbonyl (C=O) groups is 2. The van der Waals surface area contributed by atoms with E-state index in [1.807, 2.05) is 0 Å². The van der Waals surface area contributed by atoms with E-state index in [2.05, 4.69) is 5.32 Å². The van der Waals surface area contributed by atoms with Crippen LogP contribution in [0, 0.1) is 5.92 Å². The van der Waals surface area contributed by atoms with E-state index < -0.39 is 21.2 Å². The second kappa shape index (κ2) is 8.23. The lowest BCUT2D eigenvalue weighted by Crippen LogP contribution is -2.50. The number of carboxylic acids is 1. The maximum Gasteiger partial charge on any atom is 0.306 e. The van der Waals surface area contributed by atoms with Crippen LogP contribution in [0.25, 0.3) is 0 Å². The highest BCUT2D eigenvalue weighted by molar-refractivity contribution is 7.90. The summed E-state index contributed by atoms with van der Waals surface area (Å²) in [6.07, 6.45) is 8.27. The molecule has 0 spiro atoms. The lowest BCUT2D eigenvalue weighted by Gasteiger charge is -2.38. The van der Waals surface area contributed by atoms with Crippen LogP contribution < -0.4 is 5.32 Å². The lowest BCUT2D eigenvalue weighted by atomic mass is 9.68. The second-order valence-electron chi connectivity index (χ2n) is 8.30. The van der Waals surface area contributed by atoms with Gasteiger partial charge in [-0.1, -0.05) is 31.4 Å². The molecule has 0 bridgehead atoms. The standard InChI is InChI=1S/C21H29NO5S/c1-28(26,27)18-11-7-16(8-12-18)21(13-3-2-4-14-21)20(25)22-17-9-5-15(6-10-17)19(23)24/h7-8,11-12,15,17H,2-6,9-10,13-14H2,1H3,(H,22,25)(H,23,24). The van der Waals surface area contributed by atoms with Gasteiger partial charge in [0.15, 0.2) is 9.84 Å². The Labute approximate surface area is 166 Å². The normalized spacial score (nSPS) is 25.0. The van der Waals surface area contributed by atoms with Gasteiger partial charge in [-0.05, 0) is 56.2 Å². The SMILES string of the molecule is CS(=O)(=O)c1ccc(C2(C(=O)NC3CCC(C(=O)O)CC3)CCCCC2)cc1. The predicted octanol–water partition coefficient (Wildman–Crippen LogP) is 3.05. The number of carboxylic acid groups (broad SMARTS) is 1. The molecule has 0 aliphatic heterocycles. The third-order valence-corrected chi connectivity index (χ3v) is 7.52. The van der Waals surface area contributed by atoms with Crippen molar-refractivity contribution in [3.8, 4) is 0 Å². The predicted molar refractivity (Wildman–Crippen MR) is 106 cm³/mol. The Kier molecular flexibility index (Phi) is 6.12. The molecule has 7 heteroatoms. The zero-order chi connectivity index (χ0) is 20.4. The molecule has 1 aromatic carbocycles. The summed E-state index contributed by atoms with van der Waals surface area (Å²) >= 11 is 0.